The lowest BCUT2D eigenvalue weighted by atomic mass is 10.1. The van der Waals surface area contributed by atoms with Crippen molar-refractivity contribution in [3.05, 3.63) is 83.6 Å². The van der Waals surface area contributed by atoms with Crippen LogP contribution in [0.15, 0.2) is 66.9 Å². The molecule has 0 bridgehead atoms. The van der Waals surface area contributed by atoms with Crippen LogP contribution < -0.4 is 20.1 Å². The van der Waals surface area contributed by atoms with Gasteiger partial charge in [0, 0.05) is 30.4 Å². The second-order valence-electron chi connectivity index (χ2n) is 6.45. The Kier molecular flexibility index (Phi) is 7.05. The molecule has 6 heteroatoms. The van der Waals surface area contributed by atoms with Crippen LogP contribution in [0.1, 0.15) is 21.5 Å². The zero-order valence-corrected chi connectivity index (χ0v) is 16.6. The smallest absolute Gasteiger partial charge is 0.251 e. The lowest BCUT2D eigenvalue weighted by Crippen LogP contribution is -2.25. The van der Waals surface area contributed by atoms with Crippen LogP contribution >= 0.6 is 0 Å². The van der Waals surface area contributed by atoms with Gasteiger partial charge in [-0.05, 0) is 42.3 Å². The summed E-state index contributed by atoms with van der Waals surface area (Å²) in [7, 11) is 3.29. The van der Waals surface area contributed by atoms with Crippen molar-refractivity contribution in [3.63, 3.8) is 0 Å². The molecular weight excluding hydrogens is 366 g/mol. The molecule has 2 aromatic carbocycles. The van der Waals surface area contributed by atoms with Crippen molar-refractivity contribution >= 4 is 11.7 Å². The Morgan fingerprint density at radius 2 is 1.79 bits per heavy atom. The minimum absolute atomic E-state index is 0.124. The summed E-state index contributed by atoms with van der Waals surface area (Å²) >= 11 is 0. The van der Waals surface area contributed by atoms with Gasteiger partial charge in [0.2, 0.25) is 0 Å². The van der Waals surface area contributed by atoms with E-state index in [-0.39, 0.29) is 5.91 Å². The van der Waals surface area contributed by atoms with Gasteiger partial charge in [-0.1, -0.05) is 30.3 Å². The lowest BCUT2D eigenvalue weighted by molar-refractivity contribution is 0.0954. The molecule has 2 N–H and O–H groups in total. The quantitative estimate of drug-likeness (QED) is 0.582. The number of aromatic nitrogens is 1. The minimum atomic E-state index is -0.124. The van der Waals surface area contributed by atoms with Crippen LogP contribution in [0.2, 0.25) is 0 Å². The summed E-state index contributed by atoms with van der Waals surface area (Å²) in [6, 6.07) is 19.1. The number of anilines is 1. The number of amides is 1. The molecule has 0 aliphatic carbocycles. The van der Waals surface area contributed by atoms with Gasteiger partial charge in [-0.3, -0.25) is 4.79 Å². The van der Waals surface area contributed by atoms with E-state index in [0.717, 1.165) is 29.0 Å². The second kappa shape index (κ2) is 10.1. The third-order valence-corrected chi connectivity index (χ3v) is 4.53. The highest BCUT2D eigenvalue weighted by atomic mass is 16.5. The lowest BCUT2D eigenvalue weighted by Gasteiger charge is -2.11. The fourth-order valence-corrected chi connectivity index (χ4v) is 2.92. The van der Waals surface area contributed by atoms with E-state index in [2.05, 4.69) is 15.6 Å². The number of carbonyl (C=O) groups excluding carboxylic acids is 1. The molecule has 3 rings (SSSR count). The summed E-state index contributed by atoms with van der Waals surface area (Å²) in [5, 5.41) is 6.19. The minimum Gasteiger partial charge on any atom is -0.497 e. The van der Waals surface area contributed by atoms with Crippen molar-refractivity contribution in [1.29, 1.82) is 0 Å². The van der Waals surface area contributed by atoms with Crippen LogP contribution in [0, 0.1) is 0 Å². The Balaban J connectivity index is 1.53. The van der Waals surface area contributed by atoms with E-state index in [1.54, 1.807) is 32.5 Å². The van der Waals surface area contributed by atoms with Gasteiger partial charge >= 0.3 is 0 Å². The van der Waals surface area contributed by atoms with Gasteiger partial charge in [0.25, 0.3) is 5.91 Å². The molecule has 1 amide bonds. The van der Waals surface area contributed by atoms with E-state index in [1.807, 2.05) is 48.5 Å². The van der Waals surface area contributed by atoms with Gasteiger partial charge in [0.15, 0.2) is 0 Å². The highest BCUT2D eigenvalue weighted by Gasteiger charge is 2.08. The fourth-order valence-electron chi connectivity index (χ4n) is 2.92. The van der Waals surface area contributed by atoms with Crippen LogP contribution in [0.25, 0.3) is 0 Å². The monoisotopic (exact) mass is 391 g/mol. The molecule has 0 aliphatic rings. The Hall–Kier alpha value is -3.54. The SMILES string of the molecule is COc1ccc(CCNC(=O)c2ccnc(NCc3ccccc3OC)c2)cc1. The topological polar surface area (TPSA) is 72.5 Å². The van der Waals surface area contributed by atoms with Crippen molar-refractivity contribution < 1.29 is 14.3 Å². The summed E-state index contributed by atoms with van der Waals surface area (Å²) in [5.74, 6) is 2.15. The number of nitrogens with zero attached hydrogens (tertiary/aromatic N) is 1. The molecule has 0 fully saturated rings. The third kappa shape index (κ3) is 5.72. The van der Waals surface area contributed by atoms with Crippen molar-refractivity contribution in [1.82, 2.24) is 10.3 Å². The molecule has 1 aromatic heterocycles. The molecule has 150 valence electrons. The first kappa shape index (κ1) is 20.2. The van der Waals surface area contributed by atoms with E-state index in [1.165, 1.54) is 0 Å². The molecule has 0 aliphatic heterocycles. The van der Waals surface area contributed by atoms with Crippen molar-refractivity contribution in [2.75, 3.05) is 26.1 Å². The Bertz CT molecular complexity index is 942. The molecule has 0 spiro atoms. The summed E-state index contributed by atoms with van der Waals surface area (Å²) in [6.07, 6.45) is 2.38. The van der Waals surface area contributed by atoms with Crippen LogP contribution in [0.4, 0.5) is 5.82 Å². The normalized spacial score (nSPS) is 10.3. The zero-order valence-electron chi connectivity index (χ0n) is 16.6. The number of para-hydroxylation sites is 1. The second-order valence-corrected chi connectivity index (χ2v) is 6.45. The Morgan fingerprint density at radius 1 is 1.00 bits per heavy atom. The summed E-state index contributed by atoms with van der Waals surface area (Å²) in [4.78, 5) is 16.7. The molecule has 3 aromatic rings. The number of nitrogens with one attached hydrogen (secondary N) is 2. The number of rotatable bonds is 9. The largest absolute Gasteiger partial charge is 0.497 e. The highest BCUT2D eigenvalue weighted by Crippen LogP contribution is 2.18. The summed E-state index contributed by atoms with van der Waals surface area (Å²) < 4.78 is 10.5. The highest BCUT2D eigenvalue weighted by molar-refractivity contribution is 5.94. The first-order valence-electron chi connectivity index (χ1n) is 9.42. The van der Waals surface area contributed by atoms with E-state index in [9.17, 15) is 4.79 Å². The number of hydrogen-bond donors (Lipinski definition) is 2. The first-order valence-corrected chi connectivity index (χ1v) is 9.42. The van der Waals surface area contributed by atoms with Gasteiger partial charge in [0.05, 0.1) is 14.2 Å². The number of ether oxygens (including phenoxy) is 2. The summed E-state index contributed by atoms with van der Waals surface area (Å²) in [5.41, 5.74) is 2.73. The molecule has 0 atom stereocenters. The Morgan fingerprint density at radius 3 is 2.55 bits per heavy atom. The standard InChI is InChI=1S/C23H25N3O3/c1-28-20-9-7-17(8-10-20)11-13-25-23(27)18-12-14-24-22(15-18)26-16-19-5-3-4-6-21(19)29-2/h3-10,12,14-15H,11,13,16H2,1-2H3,(H,24,26)(H,25,27). The first-order chi connectivity index (χ1) is 14.2. The molecule has 0 unspecified atom stereocenters. The maximum atomic E-state index is 12.5. The van der Waals surface area contributed by atoms with E-state index >= 15 is 0 Å². The average Bonchev–Trinajstić information content (AvgIpc) is 2.78. The van der Waals surface area contributed by atoms with Crippen molar-refractivity contribution in [3.8, 4) is 11.5 Å². The maximum Gasteiger partial charge on any atom is 0.251 e. The third-order valence-electron chi connectivity index (χ3n) is 4.53. The number of benzene rings is 2. The van der Waals surface area contributed by atoms with Gasteiger partial charge in [0.1, 0.15) is 17.3 Å². The fraction of sp³-hybridized carbons (Fsp3) is 0.217. The number of methoxy groups -OCH3 is 2. The van der Waals surface area contributed by atoms with Crippen LogP contribution in [0.5, 0.6) is 11.5 Å². The van der Waals surface area contributed by atoms with Crippen LogP contribution in [0.3, 0.4) is 0 Å². The number of pyridine rings is 1. The van der Waals surface area contributed by atoms with Gasteiger partial charge < -0.3 is 20.1 Å². The number of hydrogen-bond acceptors (Lipinski definition) is 5. The van der Waals surface area contributed by atoms with Crippen molar-refractivity contribution in [2.24, 2.45) is 0 Å². The predicted molar refractivity (Wildman–Crippen MR) is 114 cm³/mol. The predicted octanol–water partition coefficient (Wildman–Crippen LogP) is 3.68. The molecule has 29 heavy (non-hydrogen) atoms. The number of carbonyl (C=O) groups is 1. The molecule has 1 heterocycles. The Labute approximate surface area is 170 Å². The van der Waals surface area contributed by atoms with Gasteiger partial charge in [-0.25, -0.2) is 4.98 Å². The van der Waals surface area contributed by atoms with Crippen LogP contribution in [-0.4, -0.2) is 31.7 Å². The van der Waals surface area contributed by atoms with E-state index in [4.69, 9.17) is 9.47 Å². The van der Waals surface area contributed by atoms with E-state index < -0.39 is 0 Å². The molecule has 0 saturated carbocycles. The van der Waals surface area contributed by atoms with Crippen LogP contribution in [-0.2, 0) is 13.0 Å². The summed E-state index contributed by atoms with van der Waals surface area (Å²) in [6.45, 7) is 1.11. The maximum absolute atomic E-state index is 12.5. The van der Waals surface area contributed by atoms with Gasteiger partial charge in [-0.2, -0.15) is 0 Å². The molecule has 6 nitrogen and oxygen atoms in total. The van der Waals surface area contributed by atoms with Crippen molar-refractivity contribution in [2.45, 2.75) is 13.0 Å². The molecule has 0 saturated heterocycles. The zero-order chi connectivity index (χ0) is 20.5. The molecular formula is C23H25N3O3. The average molecular weight is 391 g/mol. The van der Waals surface area contributed by atoms with Gasteiger partial charge in [-0.15, -0.1) is 0 Å². The van der Waals surface area contributed by atoms with E-state index in [0.29, 0.717) is 24.5 Å². The molecule has 0 radical (unpaired) electrons.